The predicted molar refractivity (Wildman–Crippen MR) is 78.7 cm³/mol. The monoisotopic (exact) mass is 298 g/mol. The topological polar surface area (TPSA) is 82.9 Å². The van der Waals surface area contributed by atoms with E-state index >= 15 is 0 Å². The molecule has 0 heterocycles. The van der Waals surface area contributed by atoms with Crippen LogP contribution in [0.1, 0.15) is 12.0 Å². The van der Waals surface area contributed by atoms with Gasteiger partial charge in [0.1, 0.15) is 6.61 Å². The molecule has 0 aromatic heterocycles. The van der Waals surface area contributed by atoms with Gasteiger partial charge in [0.2, 0.25) is 0 Å². The number of benzene rings is 1. The minimum atomic E-state index is -0.437. The van der Waals surface area contributed by atoms with Gasteiger partial charge in [0.15, 0.2) is 5.75 Å². The van der Waals surface area contributed by atoms with Crippen LogP contribution in [0.25, 0.3) is 0 Å². The van der Waals surface area contributed by atoms with E-state index in [0.29, 0.717) is 26.4 Å². The van der Waals surface area contributed by atoms with Gasteiger partial charge in [0.25, 0.3) is 0 Å². The molecule has 0 unspecified atom stereocenters. The van der Waals surface area contributed by atoms with Crippen LogP contribution in [0.4, 0.5) is 5.69 Å². The fourth-order valence-electron chi connectivity index (χ4n) is 1.76. The zero-order valence-corrected chi connectivity index (χ0v) is 12.5. The average molecular weight is 298 g/mol. The molecule has 1 N–H and O–H groups in total. The first-order chi connectivity index (χ1) is 10.2. The number of nitro benzene ring substituents is 1. The van der Waals surface area contributed by atoms with Crippen LogP contribution in [0.2, 0.25) is 0 Å². The summed E-state index contributed by atoms with van der Waals surface area (Å²) in [5, 5.41) is 14.0. The summed E-state index contributed by atoms with van der Waals surface area (Å²) in [5.41, 5.74) is 0.814. The predicted octanol–water partition coefficient (Wildman–Crippen LogP) is 1.75. The van der Waals surface area contributed by atoms with Gasteiger partial charge >= 0.3 is 5.69 Å². The lowest BCUT2D eigenvalue weighted by Gasteiger charge is -2.09. The van der Waals surface area contributed by atoms with Crippen LogP contribution in [0.15, 0.2) is 18.2 Å². The van der Waals surface area contributed by atoms with Crippen molar-refractivity contribution in [1.29, 1.82) is 0 Å². The molecule has 1 rings (SSSR count). The molecule has 0 aliphatic heterocycles. The number of nitro groups is 1. The SMILES string of the molecule is CNCc1ccc(OCCOCCCOC)c([N+](=O)[O-])c1. The van der Waals surface area contributed by atoms with Gasteiger partial charge in [0.05, 0.1) is 11.5 Å². The first kappa shape index (κ1) is 17.4. The summed E-state index contributed by atoms with van der Waals surface area (Å²) in [7, 11) is 3.43. The highest BCUT2D eigenvalue weighted by molar-refractivity contribution is 5.48. The Kier molecular flexibility index (Phi) is 8.34. The second-order valence-corrected chi connectivity index (χ2v) is 4.40. The first-order valence-electron chi connectivity index (χ1n) is 6.80. The first-order valence-corrected chi connectivity index (χ1v) is 6.80. The third-order valence-corrected chi connectivity index (χ3v) is 2.72. The molecular formula is C14H22N2O5. The van der Waals surface area contributed by atoms with Crippen molar-refractivity contribution in [3.05, 3.63) is 33.9 Å². The second kappa shape index (κ2) is 10.1. The van der Waals surface area contributed by atoms with Crippen LogP contribution in [-0.4, -0.2) is 45.5 Å². The number of rotatable bonds is 11. The average Bonchev–Trinajstić information content (AvgIpc) is 2.47. The van der Waals surface area contributed by atoms with Crippen LogP contribution < -0.4 is 10.1 Å². The van der Waals surface area contributed by atoms with Crippen molar-refractivity contribution in [2.24, 2.45) is 0 Å². The molecule has 118 valence electrons. The number of nitrogens with one attached hydrogen (secondary N) is 1. The van der Waals surface area contributed by atoms with Crippen molar-refractivity contribution in [3.8, 4) is 5.75 Å². The lowest BCUT2D eigenvalue weighted by atomic mass is 10.2. The Hall–Kier alpha value is -1.70. The van der Waals surface area contributed by atoms with E-state index in [1.54, 1.807) is 26.3 Å². The fourth-order valence-corrected chi connectivity index (χ4v) is 1.76. The number of methoxy groups -OCH3 is 1. The molecule has 1 aromatic rings. The highest BCUT2D eigenvalue weighted by atomic mass is 16.6. The lowest BCUT2D eigenvalue weighted by molar-refractivity contribution is -0.386. The van der Waals surface area contributed by atoms with Crippen molar-refractivity contribution < 1.29 is 19.1 Å². The lowest BCUT2D eigenvalue weighted by Crippen LogP contribution is -2.10. The highest BCUT2D eigenvalue weighted by Crippen LogP contribution is 2.27. The summed E-state index contributed by atoms with van der Waals surface area (Å²) >= 11 is 0. The van der Waals surface area contributed by atoms with Crippen molar-refractivity contribution >= 4 is 5.69 Å². The van der Waals surface area contributed by atoms with Crippen LogP contribution in [-0.2, 0) is 16.0 Å². The molecule has 7 nitrogen and oxygen atoms in total. The normalized spacial score (nSPS) is 10.6. The number of hydrogen-bond acceptors (Lipinski definition) is 6. The maximum atomic E-state index is 11.0. The van der Waals surface area contributed by atoms with Gasteiger partial charge in [-0.3, -0.25) is 10.1 Å². The maximum Gasteiger partial charge on any atom is 0.311 e. The fraction of sp³-hybridized carbons (Fsp3) is 0.571. The number of ether oxygens (including phenoxy) is 3. The minimum absolute atomic E-state index is 0.0258. The van der Waals surface area contributed by atoms with E-state index in [2.05, 4.69) is 5.32 Å². The van der Waals surface area contributed by atoms with E-state index in [-0.39, 0.29) is 18.0 Å². The molecule has 0 atom stereocenters. The summed E-state index contributed by atoms with van der Waals surface area (Å²) in [6, 6.07) is 4.94. The summed E-state index contributed by atoms with van der Waals surface area (Å²) in [5.74, 6) is 0.264. The maximum absolute atomic E-state index is 11.0. The second-order valence-electron chi connectivity index (χ2n) is 4.40. The Bertz CT molecular complexity index is 439. The van der Waals surface area contributed by atoms with Crippen LogP contribution in [0, 0.1) is 10.1 Å². The van der Waals surface area contributed by atoms with E-state index in [1.165, 1.54) is 6.07 Å². The van der Waals surface area contributed by atoms with Gasteiger partial charge < -0.3 is 19.5 Å². The Balaban J connectivity index is 2.45. The Morgan fingerprint density at radius 2 is 2.05 bits per heavy atom. The number of hydrogen-bond donors (Lipinski definition) is 1. The third kappa shape index (κ3) is 6.52. The van der Waals surface area contributed by atoms with Gasteiger partial charge in [-0.15, -0.1) is 0 Å². The Morgan fingerprint density at radius 1 is 1.24 bits per heavy atom. The van der Waals surface area contributed by atoms with E-state index in [4.69, 9.17) is 14.2 Å². The molecule has 0 spiro atoms. The summed E-state index contributed by atoms with van der Waals surface area (Å²) in [6.07, 6.45) is 0.815. The molecule has 0 fully saturated rings. The zero-order valence-electron chi connectivity index (χ0n) is 12.5. The molecular weight excluding hydrogens is 276 g/mol. The van der Waals surface area contributed by atoms with Gasteiger partial charge in [-0.2, -0.15) is 0 Å². The van der Waals surface area contributed by atoms with Crippen molar-refractivity contribution in [3.63, 3.8) is 0 Å². The molecule has 0 saturated carbocycles. The molecule has 0 amide bonds. The quantitative estimate of drug-likeness (QED) is 0.381. The molecule has 21 heavy (non-hydrogen) atoms. The molecule has 0 bridgehead atoms. The molecule has 7 heteroatoms. The van der Waals surface area contributed by atoms with Gasteiger partial charge in [0, 0.05) is 32.9 Å². The summed E-state index contributed by atoms with van der Waals surface area (Å²) in [6.45, 7) is 2.47. The van der Waals surface area contributed by atoms with Gasteiger partial charge in [-0.25, -0.2) is 0 Å². The largest absolute Gasteiger partial charge is 0.484 e. The third-order valence-electron chi connectivity index (χ3n) is 2.72. The van der Waals surface area contributed by atoms with Crippen molar-refractivity contribution in [2.75, 3.05) is 40.6 Å². The molecule has 0 aliphatic rings. The molecule has 0 saturated heterocycles. The van der Waals surface area contributed by atoms with E-state index in [0.717, 1.165) is 12.0 Å². The smallest absolute Gasteiger partial charge is 0.311 e. The van der Waals surface area contributed by atoms with Crippen molar-refractivity contribution in [1.82, 2.24) is 5.32 Å². The van der Waals surface area contributed by atoms with Gasteiger partial charge in [-0.05, 0) is 25.1 Å². The zero-order chi connectivity index (χ0) is 15.5. The summed E-state index contributed by atoms with van der Waals surface area (Å²) in [4.78, 5) is 10.6. The van der Waals surface area contributed by atoms with Crippen LogP contribution >= 0.6 is 0 Å². The van der Waals surface area contributed by atoms with Crippen LogP contribution in [0.5, 0.6) is 5.75 Å². The summed E-state index contributed by atoms with van der Waals surface area (Å²) < 4.78 is 15.7. The van der Waals surface area contributed by atoms with Crippen LogP contribution in [0.3, 0.4) is 0 Å². The van der Waals surface area contributed by atoms with E-state index in [1.807, 2.05) is 0 Å². The molecule has 0 aliphatic carbocycles. The molecule has 1 aromatic carbocycles. The van der Waals surface area contributed by atoms with Crippen molar-refractivity contribution in [2.45, 2.75) is 13.0 Å². The molecule has 0 radical (unpaired) electrons. The standard InChI is InChI=1S/C14H22N2O5/c1-15-11-12-4-5-14(13(10-12)16(17)18)21-9-8-20-7-3-6-19-2/h4-5,10,15H,3,6-9,11H2,1-2H3. The highest BCUT2D eigenvalue weighted by Gasteiger charge is 2.15. The number of nitrogens with zero attached hydrogens (tertiary/aromatic N) is 1. The van der Waals surface area contributed by atoms with E-state index in [9.17, 15) is 10.1 Å². The van der Waals surface area contributed by atoms with E-state index < -0.39 is 4.92 Å². The Labute approximate surface area is 124 Å². The Morgan fingerprint density at radius 3 is 2.71 bits per heavy atom. The minimum Gasteiger partial charge on any atom is -0.484 e. The van der Waals surface area contributed by atoms with Gasteiger partial charge in [-0.1, -0.05) is 6.07 Å².